The Morgan fingerprint density at radius 2 is 1.89 bits per heavy atom. The van der Waals surface area contributed by atoms with E-state index in [1.807, 2.05) is 26.8 Å². The van der Waals surface area contributed by atoms with Gasteiger partial charge in [-0.05, 0) is 32.9 Å². The summed E-state index contributed by atoms with van der Waals surface area (Å²) in [5.41, 5.74) is 0.220. The molecule has 3 nitrogen and oxygen atoms in total. The Kier molecular flexibility index (Phi) is 4.67. The molecule has 0 aliphatic rings. The molecule has 0 amide bonds. The van der Waals surface area contributed by atoms with E-state index in [9.17, 15) is 8.42 Å². The quantitative estimate of drug-likeness (QED) is 0.846. The molecule has 1 atom stereocenters. The van der Waals surface area contributed by atoms with Crippen molar-refractivity contribution in [1.29, 1.82) is 0 Å². The molecule has 0 heterocycles. The van der Waals surface area contributed by atoms with Crippen LogP contribution in [0.2, 0.25) is 0 Å². The number of rotatable bonds is 5. The van der Waals surface area contributed by atoms with Crippen LogP contribution in [-0.2, 0) is 9.84 Å². The van der Waals surface area contributed by atoms with Gasteiger partial charge in [0.05, 0.1) is 21.7 Å². The van der Waals surface area contributed by atoms with Crippen molar-refractivity contribution in [3.8, 4) is 0 Å². The molecule has 0 saturated carbocycles. The fourth-order valence-corrected chi connectivity index (χ4v) is 2.55. The van der Waals surface area contributed by atoms with E-state index < -0.39 is 9.84 Å². The van der Waals surface area contributed by atoms with Crippen LogP contribution in [0.15, 0.2) is 29.2 Å². The number of alkyl halides is 1. The lowest BCUT2D eigenvalue weighted by atomic mass is 10.0. The van der Waals surface area contributed by atoms with Crippen LogP contribution in [0, 0.1) is 0 Å². The topological polar surface area (TPSA) is 46.2 Å². The number of hydrogen-bond acceptors (Lipinski definition) is 3. The van der Waals surface area contributed by atoms with E-state index in [0.29, 0.717) is 10.6 Å². The number of nitrogens with one attached hydrogen (secondary N) is 1. The lowest BCUT2D eigenvalue weighted by Gasteiger charge is -2.31. The largest absolute Gasteiger partial charge is 0.378 e. The van der Waals surface area contributed by atoms with Gasteiger partial charge < -0.3 is 5.32 Å². The molecule has 0 aliphatic heterocycles. The normalized spacial score (nSPS) is 14.3. The van der Waals surface area contributed by atoms with Crippen molar-refractivity contribution in [1.82, 2.24) is 0 Å². The molecule has 0 spiro atoms. The van der Waals surface area contributed by atoms with Crippen LogP contribution in [0.4, 0.5) is 5.69 Å². The lowest BCUT2D eigenvalue weighted by molar-refractivity contribution is 0.552. The monoisotopic (exact) mass is 289 g/mol. The summed E-state index contributed by atoms with van der Waals surface area (Å²) in [6.45, 7) is 7.41. The third kappa shape index (κ3) is 3.39. The van der Waals surface area contributed by atoms with Gasteiger partial charge in [-0.3, -0.25) is 0 Å². The Hall–Kier alpha value is -0.740. The number of halogens is 1. The standard InChI is InChI=1S/C13H20ClNO2S/c1-5-18(16,17)12-9-7-6-8-11(12)15-13(3,4)10(2)14/h6-10,15H,5H2,1-4H3. The molecule has 0 saturated heterocycles. The first-order chi connectivity index (χ1) is 8.20. The molecule has 1 aromatic carbocycles. The van der Waals surface area contributed by atoms with Gasteiger partial charge in [0, 0.05) is 5.54 Å². The maximum Gasteiger partial charge on any atom is 0.180 e. The van der Waals surface area contributed by atoms with Gasteiger partial charge in [-0.15, -0.1) is 11.6 Å². The van der Waals surface area contributed by atoms with Crippen molar-refractivity contribution in [2.75, 3.05) is 11.1 Å². The molecule has 0 bridgehead atoms. The van der Waals surface area contributed by atoms with Crippen molar-refractivity contribution in [2.24, 2.45) is 0 Å². The Labute approximate surface area is 114 Å². The first-order valence-electron chi connectivity index (χ1n) is 5.94. The van der Waals surface area contributed by atoms with Crippen molar-refractivity contribution in [3.63, 3.8) is 0 Å². The van der Waals surface area contributed by atoms with Crippen LogP contribution in [-0.4, -0.2) is 25.1 Å². The summed E-state index contributed by atoms with van der Waals surface area (Å²) in [7, 11) is -3.23. The molecule has 1 unspecified atom stereocenters. The van der Waals surface area contributed by atoms with E-state index in [4.69, 9.17) is 11.6 Å². The maximum atomic E-state index is 12.0. The van der Waals surface area contributed by atoms with E-state index in [1.54, 1.807) is 25.1 Å². The number of benzene rings is 1. The molecule has 0 fully saturated rings. The lowest BCUT2D eigenvalue weighted by Crippen LogP contribution is -2.39. The summed E-state index contributed by atoms with van der Waals surface area (Å²) >= 11 is 6.11. The number of hydrogen-bond donors (Lipinski definition) is 1. The molecule has 1 N–H and O–H groups in total. The van der Waals surface area contributed by atoms with Crippen molar-refractivity contribution < 1.29 is 8.42 Å². The van der Waals surface area contributed by atoms with E-state index in [1.165, 1.54) is 0 Å². The SMILES string of the molecule is CCS(=O)(=O)c1ccccc1NC(C)(C)C(C)Cl. The molecular weight excluding hydrogens is 270 g/mol. The molecule has 5 heteroatoms. The fraction of sp³-hybridized carbons (Fsp3) is 0.538. The van der Waals surface area contributed by atoms with Gasteiger partial charge in [0.2, 0.25) is 0 Å². The van der Waals surface area contributed by atoms with Crippen molar-refractivity contribution in [2.45, 2.75) is 43.5 Å². The van der Waals surface area contributed by atoms with E-state index in [0.717, 1.165) is 0 Å². The average Bonchev–Trinajstić information content (AvgIpc) is 2.29. The summed E-state index contributed by atoms with van der Waals surface area (Å²) in [6, 6.07) is 6.93. The highest BCUT2D eigenvalue weighted by molar-refractivity contribution is 7.91. The zero-order valence-electron chi connectivity index (χ0n) is 11.2. The smallest absolute Gasteiger partial charge is 0.180 e. The predicted molar refractivity (Wildman–Crippen MR) is 77.2 cm³/mol. The zero-order valence-corrected chi connectivity index (χ0v) is 12.8. The Morgan fingerprint density at radius 3 is 2.39 bits per heavy atom. The van der Waals surface area contributed by atoms with Gasteiger partial charge in [-0.1, -0.05) is 19.1 Å². The molecule has 1 aromatic rings. The van der Waals surface area contributed by atoms with Gasteiger partial charge in [0.1, 0.15) is 0 Å². The average molecular weight is 290 g/mol. The highest BCUT2D eigenvalue weighted by Gasteiger charge is 2.26. The van der Waals surface area contributed by atoms with Gasteiger partial charge in [0.25, 0.3) is 0 Å². The second-order valence-electron chi connectivity index (χ2n) is 4.86. The first kappa shape index (κ1) is 15.3. The minimum absolute atomic E-state index is 0.0859. The first-order valence-corrected chi connectivity index (χ1v) is 8.03. The van der Waals surface area contributed by atoms with Crippen LogP contribution in [0.1, 0.15) is 27.7 Å². The van der Waals surface area contributed by atoms with Gasteiger partial charge in [-0.2, -0.15) is 0 Å². The number of anilines is 1. The molecule has 102 valence electrons. The van der Waals surface area contributed by atoms with Gasteiger partial charge in [0.15, 0.2) is 9.84 Å². The predicted octanol–water partition coefficient (Wildman–Crippen LogP) is 3.30. The summed E-state index contributed by atoms with van der Waals surface area (Å²) in [5.74, 6) is 0.0859. The maximum absolute atomic E-state index is 12.0. The highest BCUT2D eigenvalue weighted by Crippen LogP contribution is 2.27. The number of sulfone groups is 1. The molecular formula is C13H20ClNO2S. The van der Waals surface area contributed by atoms with Crippen LogP contribution in [0.3, 0.4) is 0 Å². The summed E-state index contributed by atoms with van der Waals surface area (Å²) in [6.07, 6.45) is 0. The molecule has 1 rings (SSSR count). The molecule has 18 heavy (non-hydrogen) atoms. The molecule has 0 radical (unpaired) electrons. The zero-order chi connectivity index (χ0) is 14.0. The third-order valence-corrected chi connectivity index (χ3v) is 5.39. The minimum atomic E-state index is -3.23. The van der Waals surface area contributed by atoms with Crippen molar-refractivity contribution in [3.05, 3.63) is 24.3 Å². The second kappa shape index (κ2) is 5.49. The van der Waals surface area contributed by atoms with Crippen molar-refractivity contribution >= 4 is 27.1 Å². The Bertz CT molecular complexity index is 509. The van der Waals surface area contributed by atoms with E-state index in [2.05, 4.69) is 5.32 Å². The van der Waals surface area contributed by atoms with Crippen LogP contribution in [0.5, 0.6) is 0 Å². The Morgan fingerprint density at radius 1 is 1.33 bits per heavy atom. The molecule has 0 aromatic heterocycles. The van der Waals surface area contributed by atoms with Gasteiger partial charge >= 0.3 is 0 Å². The summed E-state index contributed by atoms with van der Waals surface area (Å²) < 4.78 is 24.0. The highest BCUT2D eigenvalue weighted by atomic mass is 35.5. The van der Waals surface area contributed by atoms with E-state index >= 15 is 0 Å². The summed E-state index contributed by atoms with van der Waals surface area (Å²) in [4.78, 5) is 0.331. The summed E-state index contributed by atoms with van der Waals surface area (Å²) in [5, 5.41) is 3.09. The molecule has 0 aliphatic carbocycles. The van der Waals surface area contributed by atoms with Crippen LogP contribution in [0.25, 0.3) is 0 Å². The minimum Gasteiger partial charge on any atom is -0.378 e. The fourth-order valence-electron chi connectivity index (χ4n) is 1.44. The number of para-hydroxylation sites is 1. The third-order valence-electron chi connectivity index (χ3n) is 3.05. The van der Waals surface area contributed by atoms with Crippen LogP contribution < -0.4 is 5.32 Å². The van der Waals surface area contributed by atoms with E-state index in [-0.39, 0.29) is 16.7 Å². The second-order valence-corrected chi connectivity index (χ2v) is 7.76. The van der Waals surface area contributed by atoms with Crippen LogP contribution >= 0.6 is 11.6 Å². The Balaban J connectivity index is 3.20. The van der Waals surface area contributed by atoms with Gasteiger partial charge in [-0.25, -0.2) is 8.42 Å².